The van der Waals surface area contributed by atoms with Gasteiger partial charge in [0.05, 0.1) is 24.2 Å². The average molecular weight is 468 g/mol. The van der Waals surface area contributed by atoms with Crippen molar-refractivity contribution in [3.8, 4) is 23.8 Å². The number of terminal acetylenes is 1. The zero-order chi connectivity index (χ0) is 21.5. The van der Waals surface area contributed by atoms with Crippen molar-refractivity contribution in [2.75, 3.05) is 13.7 Å². The predicted molar refractivity (Wildman–Crippen MR) is 123 cm³/mol. The van der Waals surface area contributed by atoms with Gasteiger partial charge in [-0.25, -0.2) is 4.98 Å². The average Bonchev–Trinajstić information content (AvgIpc) is 2.76. The van der Waals surface area contributed by atoms with E-state index in [0.29, 0.717) is 34.6 Å². The van der Waals surface area contributed by atoms with Crippen molar-refractivity contribution in [3.63, 3.8) is 0 Å². The molecular formula is C23H22BrN3O3. The predicted octanol–water partition coefficient (Wildman–Crippen LogP) is 4.40. The first kappa shape index (κ1) is 21.6. The van der Waals surface area contributed by atoms with Crippen LogP contribution in [-0.2, 0) is 6.42 Å². The fourth-order valence-corrected chi connectivity index (χ4v) is 3.30. The van der Waals surface area contributed by atoms with Crippen molar-refractivity contribution in [2.45, 2.75) is 26.2 Å². The maximum atomic E-state index is 13.1. The van der Waals surface area contributed by atoms with Gasteiger partial charge in [-0.15, -0.1) is 6.42 Å². The Morgan fingerprint density at radius 1 is 1.27 bits per heavy atom. The summed E-state index contributed by atoms with van der Waals surface area (Å²) in [5.41, 5.74) is 1.21. The van der Waals surface area contributed by atoms with Crippen molar-refractivity contribution in [2.24, 2.45) is 5.10 Å². The van der Waals surface area contributed by atoms with E-state index < -0.39 is 0 Å². The van der Waals surface area contributed by atoms with Crippen LogP contribution in [0.15, 0.2) is 50.8 Å². The molecule has 0 radical (unpaired) electrons. The number of rotatable bonds is 8. The Balaban J connectivity index is 2.03. The van der Waals surface area contributed by atoms with E-state index >= 15 is 0 Å². The molecule has 0 aliphatic rings. The van der Waals surface area contributed by atoms with Crippen LogP contribution < -0.4 is 15.0 Å². The summed E-state index contributed by atoms with van der Waals surface area (Å²) in [6.45, 7) is 2.25. The van der Waals surface area contributed by atoms with Crippen molar-refractivity contribution >= 4 is 33.0 Å². The molecule has 7 heteroatoms. The smallest absolute Gasteiger partial charge is 0.282 e. The summed E-state index contributed by atoms with van der Waals surface area (Å²) in [5.74, 6) is 4.14. The third-order valence-electron chi connectivity index (χ3n) is 4.45. The molecule has 0 amide bonds. The van der Waals surface area contributed by atoms with Crippen LogP contribution in [0.25, 0.3) is 10.9 Å². The van der Waals surface area contributed by atoms with Gasteiger partial charge >= 0.3 is 0 Å². The van der Waals surface area contributed by atoms with Gasteiger partial charge in [0.2, 0.25) is 0 Å². The van der Waals surface area contributed by atoms with Crippen LogP contribution in [0.3, 0.4) is 0 Å². The van der Waals surface area contributed by atoms with Gasteiger partial charge < -0.3 is 9.47 Å². The number of aryl methyl sites for hydroxylation is 1. The highest BCUT2D eigenvalue weighted by atomic mass is 79.9. The SMILES string of the molecule is C#CCOc1ccc(C=Nn2c(CCCC)nc3ccc(Br)cc3c2=O)cc1OC. The van der Waals surface area contributed by atoms with E-state index in [4.69, 9.17) is 15.9 Å². The standard InChI is InChI=1S/C23H22BrN3O3/c1-4-6-7-22-26-19-10-9-17(24)14-18(19)23(28)27(22)25-15-16-8-11-20(30-12-5-2)21(13-16)29-3/h2,8-11,13-15H,4,6-7,12H2,1,3H3. The summed E-state index contributed by atoms with van der Waals surface area (Å²) < 4.78 is 13.0. The summed E-state index contributed by atoms with van der Waals surface area (Å²) >= 11 is 3.42. The van der Waals surface area contributed by atoms with E-state index in [2.05, 4.69) is 38.9 Å². The Kier molecular flexibility index (Phi) is 7.26. The molecule has 6 nitrogen and oxygen atoms in total. The molecule has 0 N–H and O–H groups in total. The van der Waals surface area contributed by atoms with Gasteiger partial charge in [-0.05, 0) is 48.4 Å². The second-order valence-electron chi connectivity index (χ2n) is 6.56. The molecule has 0 fully saturated rings. The Morgan fingerprint density at radius 3 is 2.83 bits per heavy atom. The molecule has 1 heterocycles. The molecule has 2 aromatic carbocycles. The van der Waals surface area contributed by atoms with Crippen LogP contribution in [-0.4, -0.2) is 29.6 Å². The topological polar surface area (TPSA) is 65.7 Å². The number of hydrogen-bond donors (Lipinski definition) is 0. The molecule has 0 aliphatic carbocycles. The van der Waals surface area contributed by atoms with Crippen molar-refractivity contribution < 1.29 is 9.47 Å². The largest absolute Gasteiger partial charge is 0.493 e. The molecule has 3 rings (SSSR count). The van der Waals surface area contributed by atoms with Crippen molar-refractivity contribution in [1.29, 1.82) is 0 Å². The fraction of sp³-hybridized carbons (Fsp3) is 0.261. The lowest BCUT2D eigenvalue weighted by Crippen LogP contribution is -2.22. The number of unbranched alkanes of at least 4 members (excludes halogenated alkanes) is 1. The summed E-state index contributed by atoms with van der Waals surface area (Å²) in [4.78, 5) is 17.8. The molecule has 0 aliphatic heterocycles. The van der Waals surface area contributed by atoms with Crippen LogP contribution in [0.2, 0.25) is 0 Å². The quantitative estimate of drug-likeness (QED) is 0.363. The molecule has 0 unspecified atom stereocenters. The van der Waals surface area contributed by atoms with Crippen LogP contribution >= 0.6 is 15.9 Å². The lowest BCUT2D eigenvalue weighted by Gasteiger charge is -2.10. The minimum absolute atomic E-state index is 0.151. The lowest BCUT2D eigenvalue weighted by molar-refractivity contribution is 0.331. The normalized spacial score (nSPS) is 11.0. The van der Waals surface area contributed by atoms with Gasteiger partial charge in [0.25, 0.3) is 5.56 Å². The highest BCUT2D eigenvalue weighted by molar-refractivity contribution is 9.10. The number of hydrogen-bond acceptors (Lipinski definition) is 5. The molecule has 30 heavy (non-hydrogen) atoms. The highest BCUT2D eigenvalue weighted by Crippen LogP contribution is 2.27. The number of ether oxygens (including phenoxy) is 2. The van der Waals surface area contributed by atoms with Crippen LogP contribution in [0, 0.1) is 12.3 Å². The second-order valence-corrected chi connectivity index (χ2v) is 7.47. The molecule has 0 bridgehead atoms. The summed E-state index contributed by atoms with van der Waals surface area (Å²) in [7, 11) is 1.55. The van der Waals surface area contributed by atoms with Crippen molar-refractivity contribution in [3.05, 3.63) is 62.6 Å². The van der Waals surface area contributed by atoms with E-state index in [0.717, 1.165) is 22.9 Å². The number of aromatic nitrogens is 2. The van der Waals surface area contributed by atoms with E-state index in [1.165, 1.54) is 4.68 Å². The van der Waals surface area contributed by atoms with E-state index in [1.54, 1.807) is 31.5 Å². The number of fused-ring (bicyclic) bond motifs is 1. The lowest BCUT2D eigenvalue weighted by atomic mass is 10.2. The molecule has 3 aromatic rings. The summed E-state index contributed by atoms with van der Waals surface area (Å²) in [5, 5.41) is 4.96. The van der Waals surface area contributed by atoms with Gasteiger partial charge in [-0.3, -0.25) is 4.79 Å². The van der Waals surface area contributed by atoms with E-state index in [9.17, 15) is 4.79 Å². The van der Waals surface area contributed by atoms with Crippen LogP contribution in [0.4, 0.5) is 0 Å². The Hall–Kier alpha value is -3.11. The first-order valence-corrected chi connectivity index (χ1v) is 10.4. The first-order chi connectivity index (χ1) is 14.6. The molecule has 154 valence electrons. The Labute approximate surface area is 183 Å². The van der Waals surface area contributed by atoms with Gasteiger partial charge in [0, 0.05) is 10.9 Å². The number of methoxy groups -OCH3 is 1. The summed E-state index contributed by atoms with van der Waals surface area (Å²) in [6, 6.07) is 10.8. The van der Waals surface area contributed by atoms with Gasteiger partial charge in [0.1, 0.15) is 12.4 Å². The van der Waals surface area contributed by atoms with Gasteiger partial charge in [-0.1, -0.05) is 35.2 Å². The molecule has 0 saturated carbocycles. The van der Waals surface area contributed by atoms with Crippen LogP contribution in [0.1, 0.15) is 31.2 Å². The zero-order valence-electron chi connectivity index (χ0n) is 16.9. The minimum Gasteiger partial charge on any atom is -0.493 e. The molecule has 0 spiro atoms. The van der Waals surface area contributed by atoms with Gasteiger partial charge in [-0.2, -0.15) is 9.78 Å². The number of nitrogens with zero attached hydrogens (tertiary/aromatic N) is 3. The zero-order valence-corrected chi connectivity index (χ0v) is 18.5. The molecule has 0 saturated heterocycles. The Morgan fingerprint density at radius 2 is 2.10 bits per heavy atom. The number of halogens is 1. The van der Waals surface area contributed by atoms with E-state index in [-0.39, 0.29) is 12.2 Å². The monoisotopic (exact) mass is 467 g/mol. The third-order valence-corrected chi connectivity index (χ3v) is 4.94. The molecule has 0 atom stereocenters. The maximum absolute atomic E-state index is 13.1. The third kappa shape index (κ3) is 4.89. The maximum Gasteiger partial charge on any atom is 0.282 e. The van der Waals surface area contributed by atoms with E-state index in [1.807, 2.05) is 18.2 Å². The van der Waals surface area contributed by atoms with Gasteiger partial charge in [0.15, 0.2) is 11.5 Å². The second kappa shape index (κ2) is 10.1. The van der Waals surface area contributed by atoms with Crippen LogP contribution in [0.5, 0.6) is 11.5 Å². The Bertz CT molecular complexity index is 1180. The molecule has 1 aromatic heterocycles. The van der Waals surface area contributed by atoms with Crippen molar-refractivity contribution in [1.82, 2.24) is 9.66 Å². The summed E-state index contributed by atoms with van der Waals surface area (Å²) in [6.07, 6.45) is 9.42. The minimum atomic E-state index is -0.204. The highest BCUT2D eigenvalue weighted by Gasteiger charge is 2.11. The number of benzene rings is 2. The fourth-order valence-electron chi connectivity index (χ4n) is 2.94. The first-order valence-electron chi connectivity index (χ1n) is 9.57. The molecular weight excluding hydrogens is 446 g/mol.